The van der Waals surface area contributed by atoms with Gasteiger partial charge in [0, 0.05) is 25.2 Å². The molecule has 9 heteroatoms. The van der Waals surface area contributed by atoms with Gasteiger partial charge in [0.05, 0.1) is 18.1 Å². The molecule has 3 aromatic rings. The first kappa shape index (κ1) is 22.4. The predicted molar refractivity (Wildman–Crippen MR) is 119 cm³/mol. The van der Waals surface area contributed by atoms with E-state index in [1.165, 1.54) is 12.1 Å². The van der Waals surface area contributed by atoms with Gasteiger partial charge in [-0.15, -0.1) is 0 Å². The van der Waals surface area contributed by atoms with Crippen LogP contribution in [-0.4, -0.2) is 57.7 Å². The number of nitrogens with zero attached hydrogens (tertiary/aromatic N) is 2. The molecular formula is C23H26FN3O4S. The highest BCUT2D eigenvalue weighted by Crippen LogP contribution is 2.32. The molecule has 0 bridgehead atoms. The molecular weight excluding hydrogens is 433 g/mol. The Hall–Kier alpha value is -2.75. The Morgan fingerprint density at radius 3 is 2.44 bits per heavy atom. The first-order valence-electron chi connectivity index (χ1n) is 10.6. The Labute approximate surface area is 187 Å². The fraction of sp³-hybridized carbons (Fsp3) is 0.348. The molecule has 1 fully saturated rings. The van der Waals surface area contributed by atoms with Gasteiger partial charge in [0.1, 0.15) is 5.82 Å². The summed E-state index contributed by atoms with van der Waals surface area (Å²) in [5.41, 5.74) is 1.74. The zero-order valence-electron chi connectivity index (χ0n) is 17.9. The molecule has 0 aliphatic carbocycles. The van der Waals surface area contributed by atoms with Crippen molar-refractivity contribution >= 4 is 15.7 Å². The van der Waals surface area contributed by atoms with Crippen molar-refractivity contribution in [2.24, 2.45) is 0 Å². The van der Waals surface area contributed by atoms with E-state index >= 15 is 0 Å². The maximum atomic E-state index is 13.3. The number of sulfone groups is 1. The maximum Gasteiger partial charge on any atom is 0.233 e. The molecule has 0 atom stereocenters. The van der Waals surface area contributed by atoms with Gasteiger partial charge >= 0.3 is 0 Å². The van der Waals surface area contributed by atoms with Crippen molar-refractivity contribution in [3.63, 3.8) is 0 Å². The lowest BCUT2D eigenvalue weighted by atomic mass is 10.1. The Bertz CT molecular complexity index is 1140. The minimum absolute atomic E-state index is 0.0426. The summed E-state index contributed by atoms with van der Waals surface area (Å²) in [4.78, 5) is 6.57. The second kappa shape index (κ2) is 9.81. The molecule has 170 valence electrons. The van der Waals surface area contributed by atoms with E-state index < -0.39 is 15.7 Å². The lowest BCUT2D eigenvalue weighted by Crippen LogP contribution is -2.37. The van der Waals surface area contributed by atoms with Crippen molar-refractivity contribution in [1.29, 1.82) is 0 Å². The van der Waals surface area contributed by atoms with Crippen LogP contribution in [0.25, 0.3) is 11.5 Å². The number of hydrogen-bond donors (Lipinski definition) is 1. The molecule has 4 rings (SSSR count). The summed E-state index contributed by atoms with van der Waals surface area (Å²) in [6.07, 6.45) is 0.802. The Morgan fingerprint density at radius 1 is 1.06 bits per heavy atom. The van der Waals surface area contributed by atoms with Gasteiger partial charge in [0.25, 0.3) is 0 Å². The van der Waals surface area contributed by atoms with Gasteiger partial charge in [-0.25, -0.2) is 12.8 Å². The topological polar surface area (TPSA) is 84.7 Å². The summed E-state index contributed by atoms with van der Waals surface area (Å²) in [5.74, 6) is -0.209. The van der Waals surface area contributed by atoms with Gasteiger partial charge in [0.2, 0.25) is 26.6 Å². The predicted octanol–water partition coefficient (Wildman–Crippen LogP) is 3.76. The minimum Gasteiger partial charge on any atom is -0.419 e. The second-order valence-electron chi connectivity index (χ2n) is 7.71. The number of hydrogen-bond acceptors (Lipinski definition) is 7. The van der Waals surface area contributed by atoms with Crippen LogP contribution in [0, 0.1) is 12.7 Å². The summed E-state index contributed by atoms with van der Waals surface area (Å²) in [6.45, 7) is 6.60. The van der Waals surface area contributed by atoms with Gasteiger partial charge < -0.3 is 14.5 Å². The van der Waals surface area contributed by atoms with E-state index in [-0.39, 0.29) is 21.7 Å². The normalized spacial score (nSPS) is 15.1. The molecule has 7 nitrogen and oxygen atoms in total. The fourth-order valence-corrected chi connectivity index (χ4v) is 4.75. The van der Waals surface area contributed by atoms with E-state index in [0.29, 0.717) is 12.1 Å². The largest absolute Gasteiger partial charge is 0.419 e. The Balaban J connectivity index is 1.58. The number of rotatable bonds is 8. The molecule has 0 spiro atoms. The minimum atomic E-state index is -4.00. The summed E-state index contributed by atoms with van der Waals surface area (Å²) >= 11 is 0. The van der Waals surface area contributed by atoms with Crippen LogP contribution in [0.15, 0.2) is 62.9 Å². The van der Waals surface area contributed by atoms with E-state index in [2.05, 4.69) is 15.2 Å². The highest BCUT2D eigenvalue weighted by Gasteiger charge is 2.28. The van der Waals surface area contributed by atoms with Crippen LogP contribution in [0.1, 0.15) is 12.0 Å². The van der Waals surface area contributed by atoms with E-state index in [4.69, 9.17) is 9.15 Å². The van der Waals surface area contributed by atoms with Gasteiger partial charge in [-0.1, -0.05) is 17.7 Å². The van der Waals surface area contributed by atoms with Crippen LogP contribution >= 0.6 is 0 Å². The summed E-state index contributed by atoms with van der Waals surface area (Å²) < 4.78 is 51.0. The van der Waals surface area contributed by atoms with Crippen molar-refractivity contribution in [2.75, 3.05) is 44.7 Å². The molecule has 2 aromatic carbocycles. The van der Waals surface area contributed by atoms with Gasteiger partial charge in [-0.2, -0.15) is 4.98 Å². The molecule has 0 amide bonds. The lowest BCUT2D eigenvalue weighted by molar-refractivity contribution is 0.0378. The van der Waals surface area contributed by atoms with Gasteiger partial charge in [-0.3, -0.25) is 4.90 Å². The monoisotopic (exact) mass is 459 g/mol. The van der Waals surface area contributed by atoms with Crippen molar-refractivity contribution in [3.05, 3.63) is 59.9 Å². The van der Waals surface area contributed by atoms with Crippen LogP contribution in [0.3, 0.4) is 0 Å². The number of oxazole rings is 1. The van der Waals surface area contributed by atoms with Crippen LogP contribution in [0.5, 0.6) is 0 Å². The number of anilines is 1. The number of ether oxygens (including phenoxy) is 1. The molecule has 1 aliphatic rings. The van der Waals surface area contributed by atoms with Gasteiger partial charge in [-0.05, 0) is 56.3 Å². The molecule has 1 N–H and O–H groups in total. The average molecular weight is 460 g/mol. The first-order valence-corrected chi connectivity index (χ1v) is 12.0. The molecule has 0 saturated carbocycles. The zero-order valence-corrected chi connectivity index (χ0v) is 18.7. The van der Waals surface area contributed by atoms with E-state index in [1.54, 1.807) is 0 Å². The molecule has 32 heavy (non-hydrogen) atoms. The number of benzene rings is 2. The molecule has 2 heterocycles. The highest BCUT2D eigenvalue weighted by atomic mass is 32.2. The highest BCUT2D eigenvalue weighted by molar-refractivity contribution is 7.91. The average Bonchev–Trinajstić information content (AvgIpc) is 3.23. The summed E-state index contributed by atoms with van der Waals surface area (Å²) in [5, 5.41) is 2.90. The standard InChI is InChI=1S/C23H26FN3O4S/c1-17-3-5-18(6-4-17)21-26-23(32(28,29)20-9-7-19(24)8-10-20)22(31-21)25-11-2-12-27-13-15-30-16-14-27/h3-10,25H,2,11-16H2,1H3. The van der Waals surface area contributed by atoms with Gasteiger partial charge in [0.15, 0.2) is 0 Å². The zero-order chi connectivity index (χ0) is 22.6. The summed E-state index contributed by atoms with van der Waals surface area (Å²) in [6, 6.07) is 12.2. The Kier molecular flexibility index (Phi) is 6.88. The third-order valence-corrected chi connectivity index (χ3v) is 6.99. The maximum absolute atomic E-state index is 13.3. The third kappa shape index (κ3) is 5.17. The Morgan fingerprint density at radius 2 is 1.75 bits per heavy atom. The lowest BCUT2D eigenvalue weighted by Gasteiger charge is -2.26. The summed E-state index contributed by atoms with van der Waals surface area (Å²) in [7, 11) is -4.00. The molecule has 1 aliphatic heterocycles. The number of morpholine rings is 1. The first-order chi connectivity index (χ1) is 15.4. The fourth-order valence-electron chi connectivity index (χ4n) is 3.47. The van der Waals surface area contributed by atoms with Crippen molar-refractivity contribution in [2.45, 2.75) is 23.3 Å². The molecule has 1 aromatic heterocycles. The molecule has 0 radical (unpaired) electrons. The smallest absolute Gasteiger partial charge is 0.233 e. The van der Waals surface area contributed by atoms with Crippen molar-refractivity contribution in [3.8, 4) is 11.5 Å². The van der Waals surface area contributed by atoms with Crippen LogP contribution in [-0.2, 0) is 14.6 Å². The number of halogens is 1. The van der Waals surface area contributed by atoms with E-state index in [0.717, 1.165) is 57.0 Å². The molecule has 1 saturated heterocycles. The SMILES string of the molecule is Cc1ccc(-c2nc(S(=O)(=O)c3ccc(F)cc3)c(NCCCN3CCOCC3)o2)cc1. The van der Waals surface area contributed by atoms with Crippen molar-refractivity contribution < 1.29 is 22.0 Å². The van der Waals surface area contributed by atoms with E-state index in [1.807, 2.05) is 31.2 Å². The van der Waals surface area contributed by atoms with Crippen LogP contribution in [0.2, 0.25) is 0 Å². The number of aryl methyl sites for hydroxylation is 1. The number of aromatic nitrogens is 1. The molecule has 0 unspecified atom stereocenters. The van der Waals surface area contributed by atoms with E-state index in [9.17, 15) is 12.8 Å². The second-order valence-corrected chi connectivity index (χ2v) is 9.58. The van der Waals surface area contributed by atoms with Crippen LogP contribution < -0.4 is 5.32 Å². The number of nitrogens with one attached hydrogen (secondary N) is 1. The third-order valence-electron chi connectivity index (χ3n) is 5.31. The van der Waals surface area contributed by atoms with Crippen LogP contribution in [0.4, 0.5) is 10.3 Å². The quantitative estimate of drug-likeness (QED) is 0.406. The van der Waals surface area contributed by atoms with Crippen molar-refractivity contribution in [1.82, 2.24) is 9.88 Å².